The zero-order chi connectivity index (χ0) is 17.5. The Hall–Kier alpha value is -2.60. The Balaban J connectivity index is 1.49. The van der Waals surface area contributed by atoms with Crippen molar-refractivity contribution in [1.29, 1.82) is 0 Å². The van der Waals surface area contributed by atoms with Crippen LogP contribution in [0.3, 0.4) is 0 Å². The van der Waals surface area contributed by atoms with Gasteiger partial charge >= 0.3 is 0 Å². The van der Waals surface area contributed by atoms with Gasteiger partial charge in [-0.05, 0) is 50.2 Å². The second-order valence-corrected chi connectivity index (χ2v) is 6.13. The maximum Gasteiger partial charge on any atom is 0.251 e. The number of rotatable bonds is 7. The quantitative estimate of drug-likeness (QED) is 0.807. The van der Waals surface area contributed by atoms with Crippen LogP contribution in [-0.4, -0.2) is 42.9 Å². The summed E-state index contributed by atoms with van der Waals surface area (Å²) in [6.45, 7) is 2.43. The van der Waals surface area contributed by atoms with E-state index in [0.29, 0.717) is 12.1 Å². The molecule has 3 rings (SSSR count). The van der Waals surface area contributed by atoms with Crippen molar-refractivity contribution in [3.63, 3.8) is 0 Å². The number of amides is 2. The maximum absolute atomic E-state index is 12.1. The first-order chi connectivity index (χ1) is 12.2. The van der Waals surface area contributed by atoms with Gasteiger partial charge in [-0.1, -0.05) is 18.2 Å². The van der Waals surface area contributed by atoms with E-state index in [2.05, 4.69) is 15.5 Å². The molecular weight excluding hydrogens is 318 g/mol. The van der Waals surface area contributed by atoms with E-state index in [0.717, 1.165) is 31.7 Å². The molecule has 1 aromatic carbocycles. The molecular formula is C19H23N3O3. The molecule has 2 heterocycles. The number of carbonyl (C=O) groups is 2. The summed E-state index contributed by atoms with van der Waals surface area (Å²) < 4.78 is 5.53. The highest BCUT2D eigenvalue weighted by atomic mass is 16.3. The van der Waals surface area contributed by atoms with Gasteiger partial charge in [0.25, 0.3) is 5.91 Å². The van der Waals surface area contributed by atoms with Gasteiger partial charge in [0.15, 0.2) is 0 Å². The standard InChI is InChI=1S/C19H23N3O3/c23-18(14-21-19(24)15-7-2-1-3-8-15)20-13-16(17-9-6-12-25-17)22-10-4-5-11-22/h1-3,6-9,12,16H,4-5,10-11,13-14H2,(H,20,23)(H,21,24)/t16-/m0/s1. The van der Waals surface area contributed by atoms with Gasteiger partial charge in [0.05, 0.1) is 18.8 Å². The number of hydrogen-bond acceptors (Lipinski definition) is 4. The number of nitrogens with one attached hydrogen (secondary N) is 2. The smallest absolute Gasteiger partial charge is 0.251 e. The molecule has 132 valence electrons. The zero-order valence-electron chi connectivity index (χ0n) is 14.1. The molecule has 2 amide bonds. The minimum absolute atomic E-state index is 0.0336. The van der Waals surface area contributed by atoms with Crippen molar-refractivity contribution in [2.45, 2.75) is 18.9 Å². The number of benzene rings is 1. The Kier molecular flexibility index (Phi) is 5.85. The first-order valence-corrected chi connectivity index (χ1v) is 8.61. The van der Waals surface area contributed by atoms with Gasteiger partial charge in [0, 0.05) is 12.1 Å². The summed E-state index contributed by atoms with van der Waals surface area (Å²) in [5.74, 6) is 0.397. The summed E-state index contributed by atoms with van der Waals surface area (Å²) in [6, 6.07) is 12.7. The first kappa shape index (κ1) is 17.2. The third kappa shape index (κ3) is 4.70. The molecule has 0 aliphatic carbocycles. The summed E-state index contributed by atoms with van der Waals surface area (Å²) in [5.41, 5.74) is 0.542. The summed E-state index contributed by atoms with van der Waals surface area (Å²) >= 11 is 0. The molecule has 1 aliphatic rings. The predicted molar refractivity (Wildman–Crippen MR) is 94.0 cm³/mol. The summed E-state index contributed by atoms with van der Waals surface area (Å²) in [6.07, 6.45) is 3.98. The lowest BCUT2D eigenvalue weighted by Crippen LogP contribution is -2.41. The van der Waals surface area contributed by atoms with Gasteiger partial charge in [0.1, 0.15) is 5.76 Å². The van der Waals surface area contributed by atoms with Crippen LogP contribution in [-0.2, 0) is 4.79 Å². The summed E-state index contributed by atoms with van der Waals surface area (Å²) in [7, 11) is 0. The van der Waals surface area contributed by atoms with Crippen molar-refractivity contribution in [3.05, 3.63) is 60.1 Å². The molecule has 1 aromatic heterocycles. The third-order valence-corrected chi connectivity index (χ3v) is 4.39. The molecule has 0 saturated carbocycles. The van der Waals surface area contributed by atoms with Gasteiger partial charge in [-0.25, -0.2) is 0 Å². The molecule has 6 heteroatoms. The SMILES string of the molecule is O=C(CNC(=O)c1ccccc1)NC[C@@H](c1ccco1)N1CCCC1. The Morgan fingerprint density at radius 3 is 2.48 bits per heavy atom. The Morgan fingerprint density at radius 1 is 1.04 bits per heavy atom. The van der Waals surface area contributed by atoms with E-state index in [4.69, 9.17) is 4.42 Å². The second-order valence-electron chi connectivity index (χ2n) is 6.13. The van der Waals surface area contributed by atoms with Crippen molar-refractivity contribution in [2.24, 2.45) is 0 Å². The Labute approximate surface area is 147 Å². The van der Waals surface area contributed by atoms with E-state index in [9.17, 15) is 9.59 Å². The van der Waals surface area contributed by atoms with Gasteiger partial charge in [-0.2, -0.15) is 0 Å². The fourth-order valence-corrected chi connectivity index (χ4v) is 3.07. The first-order valence-electron chi connectivity index (χ1n) is 8.61. The molecule has 0 bridgehead atoms. The van der Waals surface area contributed by atoms with Gasteiger partial charge in [0.2, 0.25) is 5.91 Å². The van der Waals surface area contributed by atoms with Crippen molar-refractivity contribution >= 4 is 11.8 Å². The van der Waals surface area contributed by atoms with Gasteiger partial charge in [-0.3, -0.25) is 14.5 Å². The highest BCUT2D eigenvalue weighted by Gasteiger charge is 2.25. The fraction of sp³-hybridized carbons (Fsp3) is 0.368. The van der Waals surface area contributed by atoms with Gasteiger partial charge in [-0.15, -0.1) is 0 Å². The van der Waals surface area contributed by atoms with Crippen LogP contribution in [0.25, 0.3) is 0 Å². The minimum Gasteiger partial charge on any atom is -0.468 e. The Bertz CT molecular complexity index is 679. The maximum atomic E-state index is 12.1. The Morgan fingerprint density at radius 2 is 1.80 bits per heavy atom. The average Bonchev–Trinajstić information content (AvgIpc) is 3.35. The van der Waals surface area contributed by atoms with Crippen LogP contribution in [0.15, 0.2) is 53.1 Å². The highest BCUT2D eigenvalue weighted by molar-refractivity contribution is 5.96. The number of furan rings is 1. The van der Waals surface area contributed by atoms with Crippen LogP contribution < -0.4 is 10.6 Å². The number of likely N-dealkylation sites (tertiary alicyclic amines) is 1. The van der Waals surface area contributed by atoms with E-state index in [-0.39, 0.29) is 24.4 Å². The fourth-order valence-electron chi connectivity index (χ4n) is 3.07. The molecule has 0 radical (unpaired) electrons. The second kappa shape index (κ2) is 8.48. The van der Waals surface area contributed by atoms with Gasteiger partial charge < -0.3 is 15.1 Å². The van der Waals surface area contributed by atoms with E-state index >= 15 is 0 Å². The van der Waals surface area contributed by atoms with Crippen LogP contribution >= 0.6 is 0 Å². The van der Waals surface area contributed by atoms with Crippen molar-refractivity contribution < 1.29 is 14.0 Å². The van der Waals surface area contributed by atoms with Crippen molar-refractivity contribution in [3.8, 4) is 0 Å². The van der Waals surface area contributed by atoms with Crippen LogP contribution in [0.1, 0.15) is 35.0 Å². The van der Waals surface area contributed by atoms with Crippen molar-refractivity contribution in [2.75, 3.05) is 26.2 Å². The lowest BCUT2D eigenvalue weighted by molar-refractivity contribution is -0.120. The monoisotopic (exact) mass is 341 g/mol. The zero-order valence-corrected chi connectivity index (χ0v) is 14.1. The van der Waals surface area contributed by atoms with Crippen LogP contribution in [0.2, 0.25) is 0 Å². The number of hydrogen-bond donors (Lipinski definition) is 2. The molecule has 2 aromatic rings. The van der Waals surface area contributed by atoms with Crippen LogP contribution in [0, 0.1) is 0 Å². The topological polar surface area (TPSA) is 74.6 Å². The normalized spacial score (nSPS) is 15.7. The minimum atomic E-state index is -0.252. The molecule has 2 N–H and O–H groups in total. The third-order valence-electron chi connectivity index (χ3n) is 4.39. The van der Waals surface area contributed by atoms with E-state index in [1.807, 2.05) is 18.2 Å². The molecule has 6 nitrogen and oxygen atoms in total. The van der Waals surface area contributed by atoms with E-state index in [1.165, 1.54) is 0 Å². The molecule has 0 unspecified atom stereocenters. The summed E-state index contributed by atoms with van der Waals surface area (Å²) in [5, 5.41) is 5.54. The molecule has 1 fully saturated rings. The molecule has 1 saturated heterocycles. The van der Waals surface area contributed by atoms with Crippen molar-refractivity contribution in [1.82, 2.24) is 15.5 Å². The average molecular weight is 341 g/mol. The largest absolute Gasteiger partial charge is 0.468 e. The number of carbonyl (C=O) groups excluding carboxylic acids is 2. The van der Waals surface area contributed by atoms with Crippen LogP contribution in [0.4, 0.5) is 0 Å². The lowest BCUT2D eigenvalue weighted by Gasteiger charge is -2.26. The molecule has 1 atom stereocenters. The number of nitrogens with zero attached hydrogens (tertiary/aromatic N) is 1. The lowest BCUT2D eigenvalue weighted by atomic mass is 10.2. The molecule has 25 heavy (non-hydrogen) atoms. The molecule has 0 spiro atoms. The predicted octanol–water partition coefficient (Wildman–Crippen LogP) is 1.96. The molecule has 1 aliphatic heterocycles. The van der Waals surface area contributed by atoms with E-state index in [1.54, 1.807) is 30.5 Å². The summed E-state index contributed by atoms with van der Waals surface area (Å²) in [4.78, 5) is 26.4. The van der Waals surface area contributed by atoms with E-state index < -0.39 is 0 Å². The highest BCUT2D eigenvalue weighted by Crippen LogP contribution is 2.24. The van der Waals surface area contributed by atoms with Crippen LogP contribution in [0.5, 0.6) is 0 Å².